The van der Waals surface area contributed by atoms with Crippen molar-refractivity contribution < 1.29 is 9.18 Å². The molecule has 70 valence electrons. The van der Waals surface area contributed by atoms with Gasteiger partial charge in [-0.25, -0.2) is 4.39 Å². The first-order valence-electron chi connectivity index (χ1n) is 3.61. The van der Waals surface area contributed by atoms with Crippen molar-refractivity contribution in [1.82, 2.24) is 0 Å². The van der Waals surface area contributed by atoms with Crippen LogP contribution in [-0.2, 0) is 0 Å². The maximum atomic E-state index is 12.9. The Morgan fingerprint density at radius 3 is 2.69 bits per heavy atom. The van der Waals surface area contributed by atoms with E-state index in [1.54, 1.807) is 6.92 Å². The number of ketones is 1. The van der Waals surface area contributed by atoms with Crippen molar-refractivity contribution in [2.24, 2.45) is 0 Å². The third-order valence-electron chi connectivity index (χ3n) is 1.70. The fourth-order valence-electron chi connectivity index (χ4n) is 1.06. The van der Waals surface area contributed by atoms with Gasteiger partial charge < -0.3 is 0 Å². The van der Waals surface area contributed by atoms with Crippen LogP contribution >= 0.6 is 23.2 Å². The molecule has 0 aliphatic heterocycles. The number of aryl methyl sites for hydroxylation is 1. The number of carbonyl (C=O) groups excluding carboxylic acids is 1. The van der Waals surface area contributed by atoms with E-state index in [1.165, 1.54) is 12.1 Å². The molecule has 0 heterocycles. The molecule has 1 rings (SSSR count). The summed E-state index contributed by atoms with van der Waals surface area (Å²) in [5.74, 6) is -1.14. The molecule has 4 heteroatoms. The van der Waals surface area contributed by atoms with Crippen molar-refractivity contribution in [1.29, 1.82) is 0 Å². The van der Waals surface area contributed by atoms with Crippen LogP contribution in [0.1, 0.15) is 15.9 Å². The zero-order chi connectivity index (χ0) is 10.0. The molecular weight excluding hydrogens is 214 g/mol. The predicted octanol–water partition coefficient (Wildman–Crippen LogP) is 3.21. The monoisotopic (exact) mass is 220 g/mol. The molecule has 0 fully saturated rings. The fourth-order valence-corrected chi connectivity index (χ4v) is 1.51. The second kappa shape index (κ2) is 4.07. The van der Waals surface area contributed by atoms with Crippen molar-refractivity contribution in [2.75, 3.05) is 5.88 Å². The van der Waals surface area contributed by atoms with Crippen LogP contribution in [0.3, 0.4) is 0 Å². The molecule has 1 aromatic rings. The highest BCUT2D eigenvalue weighted by Crippen LogP contribution is 2.23. The van der Waals surface area contributed by atoms with Crippen molar-refractivity contribution in [3.8, 4) is 0 Å². The van der Waals surface area contributed by atoms with Crippen LogP contribution in [0.25, 0.3) is 0 Å². The Labute approximate surface area is 85.5 Å². The molecule has 0 N–H and O–H groups in total. The lowest BCUT2D eigenvalue weighted by Gasteiger charge is -2.05. The van der Waals surface area contributed by atoms with E-state index in [9.17, 15) is 9.18 Å². The molecule has 0 aliphatic rings. The van der Waals surface area contributed by atoms with Gasteiger partial charge >= 0.3 is 0 Å². The van der Waals surface area contributed by atoms with Gasteiger partial charge in [-0.3, -0.25) is 4.79 Å². The third kappa shape index (κ3) is 2.01. The summed E-state index contributed by atoms with van der Waals surface area (Å²) < 4.78 is 12.9. The molecule has 0 aliphatic carbocycles. The molecule has 0 radical (unpaired) electrons. The molecular formula is C9H7Cl2FO. The van der Waals surface area contributed by atoms with Gasteiger partial charge in [0.15, 0.2) is 5.78 Å². The van der Waals surface area contributed by atoms with Crippen LogP contribution in [0.5, 0.6) is 0 Å². The van der Waals surface area contributed by atoms with Crippen LogP contribution in [0.2, 0.25) is 5.02 Å². The number of hydrogen-bond acceptors (Lipinski definition) is 1. The Morgan fingerprint density at radius 1 is 1.54 bits per heavy atom. The van der Waals surface area contributed by atoms with Crippen molar-refractivity contribution >= 4 is 29.0 Å². The number of carbonyl (C=O) groups is 1. The van der Waals surface area contributed by atoms with Gasteiger partial charge in [0.25, 0.3) is 0 Å². The number of alkyl halides is 1. The predicted molar refractivity (Wildman–Crippen MR) is 51.2 cm³/mol. The minimum atomic E-state index is -0.597. The van der Waals surface area contributed by atoms with Gasteiger partial charge in [-0.1, -0.05) is 17.7 Å². The molecule has 1 nitrogen and oxygen atoms in total. The number of rotatable bonds is 2. The molecule has 0 saturated carbocycles. The molecule has 0 atom stereocenters. The summed E-state index contributed by atoms with van der Waals surface area (Å²) in [7, 11) is 0. The lowest BCUT2D eigenvalue weighted by atomic mass is 10.1. The van der Waals surface area contributed by atoms with Crippen molar-refractivity contribution in [3.05, 3.63) is 34.1 Å². The number of Topliss-reactive ketones (excluding diaryl/α,β-unsaturated/α-hetero) is 1. The molecule has 0 unspecified atom stereocenters. The summed E-state index contributed by atoms with van der Waals surface area (Å²) in [4.78, 5) is 11.2. The molecule has 0 saturated heterocycles. The fraction of sp³-hybridized carbons (Fsp3) is 0.222. The first-order valence-corrected chi connectivity index (χ1v) is 4.53. The zero-order valence-corrected chi connectivity index (χ0v) is 8.42. The topological polar surface area (TPSA) is 17.1 Å². The van der Waals surface area contributed by atoms with Crippen LogP contribution in [0.4, 0.5) is 4.39 Å². The van der Waals surface area contributed by atoms with Crippen LogP contribution in [0.15, 0.2) is 12.1 Å². The van der Waals surface area contributed by atoms with E-state index in [0.717, 1.165) is 0 Å². The Hall–Kier alpha value is -0.600. The molecule has 0 aromatic heterocycles. The van der Waals surface area contributed by atoms with Gasteiger partial charge in [0.2, 0.25) is 0 Å². The van der Waals surface area contributed by atoms with Crippen LogP contribution < -0.4 is 0 Å². The summed E-state index contributed by atoms with van der Waals surface area (Å²) in [5.41, 5.74) is 0.814. The Morgan fingerprint density at radius 2 is 2.15 bits per heavy atom. The first kappa shape index (κ1) is 10.5. The highest BCUT2D eigenvalue weighted by Gasteiger charge is 2.15. The van der Waals surface area contributed by atoms with E-state index in [4.69, 9.17) is 23.2 Å². The van der Waals surface area contributed by atoms with Crippen molar-refractivity contribution in [3.63, 3.8) is 0 Å². The largest absolute Gasteiger partial charge is 0.293 e. The molecule has 0 spiro atoms. The summed E-state index contributed by atoms with van der Waals surface area (Å²) >= 11 is 11.0. The van der Waals surface area contributed by atoms with Crippen LogP contribution in [0, 0.1) is 12.7 Å². The van der Waals surface area contributed by atoms with E-state index >= 15 is 0 Å². The van der Waals surface area contributed by atoms with Gasteiger partial charge in [0.05, 0.1) is 10.9 Å². The highest BCUT2D eigenvalue weighted by atomic mass is 35.5. The van der Waals surface area contributed by atoms with E-state index in [-0.39, 0.29) is 22.2 Å². The maximum absolute atomic E-state index is 12.9. The average molecular weight is 221 g/mol. The quantitative estimate of drug-likeness (QED) is 0.553. The van der Waals surface area contributed by atoms with Crippen molar-refractivity contribution in [2.45, 2.75) is 6.92 Å². The first-order chi connectivity index (χ1) is 6.07. The minimum absolute atomic E-state index is 0.148. The molecule has 0 amide bonds. The summed E-state index contributed by atoms with van der Waals surface area (Å²) in [5, 5.41) is -0.148. The molecule has 1 aromatic carbocycles. The summed E-state index contributed by atoms with van der Waals surface area (Å²) in [6.45, 7) is 1.69. The van der Waals surface area contributed by atoms with Crippen LogP contribution in [-0.4, -0.2) is 11.7 Å². The normalized spacial score (nSPS) is 10.2. The lowest BCUT2D eigenvalue weighted by molar-refractivity contribution is 0.102. The summed E-state index contributed by atoms with van der Waals surface area (Å²) in [6.07, 6.45) is 0. The molecule has 13 heavy (non-hydrogen) atoms. The van der Waals surface area contributed by atoms with Gasteiger partial charge in [-0.05, 0) is 18.6 Å². The smallest absolute Gasteiger partial charge is 0.179 e. The third-order valence-corrected chi connectivity index (χ3v) is 2.32. The average Bonchev–Trinajstić information content (AvgIpc) is 2.12. The van der Waals surface area contributed by atoms with Gasteiger partial charge in [0, 0.05) is 5.56 Å². The second-order valence-corrected chi connectivity index (χ2v) is 3.26. The standard InChI is InChI=1S/C9H7Cl2FO/c1-5-2-3-6(12)9(11)8(5)7(13)4-10/h2-3H,4H2,1H3. The summed E-state index contributed by atoms with van der Waals surface area (Å²) in [6, 6.07) is 2.73. The Balaban J connectivity index is 3.33. The molecule has 0 bridgehead atoms. The minimum Gasteiger partial charge on any atom is -0.293 e. The van der Waals surface area contributed by atoms with E-state index in [2.05, 4.69) is 0 Å². The number of benzene rings is 1. The van der Waals surface area contributed by atoms with E-state index < -0.39 is 5.82 Å². The SMILES string of the molecule is Cc1ccc(F)c(Cl)c1C(=O)CCl. The lowest BCUT2D eigenvalue weighted by Crippen LogP contribution is -2.05. The van der Waals surface area contributed by atoms with Gasteiger partial charge in [-0.2, -0.15) is 0 Å². The Bertz CT molecular complexity index is 350. The van der Waals surface area contributed by atoms with E-state index in [1.807, 2.05) is 0 Å². The highest BCUT2D eigenvalue weighted by molar-refractivity contribution is 6.37. The second-order valence-electron chi connectivity index (χ2n) is 2.61. The van der Waals surface area contributed by atoms with Gasteiger partial charge in [-0.15, -0.1) is 11.6 Å². The van der Waals surface area contributed by atoms with Gasteiger partial charge in [0.1, 0.15) is 5.82 Å². The Kier molecular flexibility index (Phi) is 3.28. The number of hydrogen-bond donors (Lipinski definition) is 0. The van der Waals surface area contributed by atoms with E-state index in [0.29, 0.717) is 5.56 Å². The maximum Gasteiger partial charge on any atom is 0.179 e. The zero-order valence-electron chi connectivity index (χ0n) is 6.90. The number of halogens is 3.